The monoisotopic (exact) mass is 280 g/mol. The highest BCUT2D eigenvalue weighted by atomic mass is 35.5. The maximum absolute atomic E-state index is 13.5. The van der Waals surface area contributed by atoms with Crippen molar-refractivity contribution in [1.29, 1.82) is 0 Å². The van der Waals surface area contributed by atoms with Gasteiger partial charge in [-0.1, -0.05) is 29.8 Å². The van der Waals surface area contributed by atoms with Crippen LogP contribution in [-0.4, -0.2) is 5.78 Å². The van der Waals surface area contributed by atoms with Crippen LogP contribution in [0.5, 0.6) is 0 Å². The largest absolute Gasteiger partial charge is 0.294 e. The molecule has 2 aromatic carbocycles. The molecule has 0 atom stereocenters. The average molecular weight is 281 g/mol. The van der Waals surface area contributed by atoms with Crippen molar-refractivity contribution >= 4 is 17.4 Å². The number of hydrogen-bond donors (Lipinski definition) is 0. The molecule has 0 spiro atoms. The van der Waals surface area contributed by atoms with E-state index in [1.807, 2.05) is 6.92 Å². The van der Waals surface area contributed by atoms with Crippen LogP contribution >= 0.6 is 11.6 Å². The molecule has 0 aliphatic rings. The Labute approximate surface area is 114 Å². The second-order valence-corrected chi connectivity index (χ2v) is 4.70. The van der Waals surface area contributed by atoms with Crippen molar-refractivity contribution in [2.75, 3.05) is 0 Å². The summed E-state index contributed by atoms with van der Waals surface area (Å²) in [6, 6.07) is 8.54. The number of hydrogen-bond acceptors (Lipinski definition) is 1. The first-order chi connectivity index (χ1) is 8.99. The lowest BCUT2D eigenvalue weighted by molar-refractivity contribution is 0.0985. The molecule has 0 N–H and O–H groups in total. The molecule has 1 nitrogen and oxygen atoms in total. The van der Waals surface area contributed by atoms with Crippen LogP contribution in [0.25, 0.3) is 0 Å². The topological polar surface area (TPSA) is 17.1 Å². The standard InChI is InChI=1S/C15H11ClF2O/c1-9-5-6-10(11(16)7-9)8-14(19)15-12(17)3-2-4-13(15)18/h2-7H,8H2,1H3. The van der Waals surface area contributed by atoms with E-state index in [9.17, 15) is 13.6 Å². The van der Waals surface area contributed by atoms with Gasteiger partial charge in [0.15, 0.2) is 5.78 Å². The molecule has 0 bridgehead atoms. The molecule has 2 aromatic rings. The number of carbonyl (C=O) groups excluding carboxylic acids is 1. The van der Waals surface area contributed by atoms with Crippen molar-refractivity contribution in [2.45, 2.75) is 13.3 Å². The van der Waals surface area contributed by atoms with Gasteiger partial charge in [0.05, 0.1) is 5.56 Å². The molecule has 0 unspecified atom stereocenters. The molecule has 0 aliphatic carbocycles. The highest BCUT2D eigenvalue weighted by Gasteiger charge is 2.18. The number of rotatable bonds is 3. The lowest BCUT2D eigenvalue weighted by Gasteiger charge is -2.06. The first-order valence-corrected chi connectivity index (χ1v) is 6.09. The van der Waals surface area contributed by atoms with E-state index in [2.05, 4.69) is 0 Å². The number of carbonyl (C=O) groups is 1. The Morgan fingerprint density at radius 2 is 1.79 bits per heavy atom. The summed E-state index contributed by atoms with van der Waals surface area (Å²) in [6.07, 6.45) is -0.128. The lowest BCUT2D eigenvalue weighted by atomic mass is 10.0. The summed E-state index contributed by atoms with van der Waals surface area (Å²) in [7, 11) is 0. The Morgan fingerprint density at radius 1 is 1.16 bits per heavy atom. The van der Waals surface area contributed by atoms with Crippen molar-refractivity contribution < 1.29 is 13.6 Å². The number of benzene rings is 2. The Morgan fingerprint density at radius 3 is 2.37 bits per heavy atom. The average Bonchev–Trinajstić information content (AvgIpc) is 2.32. The number of ketones is 1. The first kappa shape index (κ1) is 13.7. The highest BCUT2D eigenvalue weighted by Crippen LogP contribution is 2.21. The molecule has 0 saturated carbocycles. The van der Waals surface area contributed by atoms with Crippen LogP contribution in [0.2, 0.25) is 5.02 Å². The Hall–Kier alpha value is -1.74. The Kier molecular flexibility index (Phi) is 3.96. The molecule has 4 heteroatoms. The van der Waals surface area contributed by atoms with Crippen molar-refractivity contribution in [3.63, 3.8) is 0 Å². The fourth-order valence-electron chi connectivity index (χ4n) is 1.82. The van der Waals surface area contributed by atoms with Crippen LogP contribution in [0, 0.1) is 18.6 Å². The van der Waals surface area contributed by atoms with E-state index in [4.69, 9.17) is 11.6 Å². The minimum Gasteiger partial charge on any atom is -0.294 e. The molecule has 98 valence electrons. The van der Waals surface area contributed by atoms with Crippen LogP contribution in [-0.2, 0) is 6.42 Å². The molecule has 0 heterocycles. The fraction of sp³-hybridized carbons (Fsp3) is 0.133. The number of halogens is 3. The summed E-state index contributed by atoms with van der Waals surface area (Å²) in [5.74, 6) is -2.33. The maximum atomic E-state index is 13.5. The van der Waals surface area contributed by atoms with Gasteiger partial charge in [-0.3, -0.25) is 4.79 Å². The van der Waals surface area contributed by atoms with Gasteiger partial charge in [-0.05, 0) is 36.2 Å². The summed E-state index contributed by atoms with van der Waals surface area (Å²) < 4.78 is 26.9. The fourth-order valence-corrected chi connectivity index (χ4v) is 2.12. The van der Waals surface area contributed by atoms with Crippen LogP contribution in [0.3, 0.4) is 0 Å². The summed E-state index contributed by atoms with van der Waals surface area (Å²) in [4.78, 5) is 12.0. The molecule has 0 radical (unpaired) electrons. The van der Waals surface area contributed by atoms with Gasteiger partial charge in [0, 0.05) is 11.4 Å². The molecule has 0 aliphatic heterocycles. The molecular weight excluding hydrogens is 270 g/mol. The molecule has 19 heavy (non-hydrogen) atoms. The smallest absolute Gasteiger partial charge is 0.173 e. The van der Waals surface area contributed by atoms with Crippen LogP contribution in [0.4, 0.5) is 8.78 Å². The van der Waals surface area contributed by atoms with Crippen molar-refractivity contribution in [3.05, 3.63) is 69.7 Å². The maximum Gasteiger partial charge on any atom is 0.173 e. The summed E-state index contributed by atoms with van der Waals surface area (Å²) in [5.41, 5.74) is 0.998. The van der Waals surface area contributed by atoms with Crippen LogP contribution in [0.1, 0.15) is 21.5 Å². The summed E-state index contributed by atoms with van der Waals surface area (Å²) in [5, 5.41) is 0.421. The van der Waals surface area contributed by atoms with E-state index in [0.717, 1.165) is 17.7 Å². The Bertz CT molecular complexity index is 618. The SMILES string of the molecule is Cc1ccc(CC(=O)c2c(F)cccc2F)c(Cl)c1. The van der Waals surface area contributed by atoms with Gasteiger partial charge in [0.1, 0.15) is 11.6 Å². The van der Waals surface area contributed by atoms with Crippen LogP contribution in [0.15, 0.2) is 36.4 Å². The first-order valence-electron chi connectivity index (χ1n) is 5.71. The molecule has 0 fully saturated rings. The normalized spacial score (nSPS) is 10.5. The van der Waals surface area contributed by atoms with E-state index >= 15 is 0 Å². The van der Waals surface area contributed by atoms with E-state index in [1.165, 1.54) is 6.07 Å². The van der Waals surface area contributed by atoms with Gasteiger partial charge in [-0.2, -0.15) is 0 Å². The van der Waals surface area contributed by atoms with E-state index < -0.39 is 23.0 Å². The zero-order chi connectivity index (χ0) is 14.0. The predicted octanol–water partition coefficient (Wildman–Crippen LogP) is 4.35. The third-order valence-corrected chi connectivity index (χ3v) is 3.15. The molecule has 0 aromatic heterocycles. The number of Topliss-reactive ketones (excluding diaryl/α,β-unsaturated/α-hetero) is 1. The van der Waals surface area contributed by atoms with Crippen LogP contribution < -0.4 is 0 Å². The third-order valence-electron chi connectivity index (χ3n) is 2.80. The molecule has 0 amide bonds. The zero-order valence-electron chi connectivity index (χ0n) is 10.2. The quantitative estimate of drug-likeness (QED) is 0.764. The third kappa shape index (κ3) is 2.99. The van der Waals surface area contributed by atoms with E-state index in [0.29, 0.717) is 10.6 Å². The second kappa shape index (κ2) is 5.49. The molecule has 2 rings (SSSR count). The highest BCUT2D eigenvalue weighted by molar-refractivity contribution is 6.31. The van der Waals surface area contributed by atoms with Gasteiger partial charge >= 0.3 is 0 Å². The predicted molar refractivity (Wildman–Crippen MR) is 70.6 cm³/mol. The number of aryl methyl sites for hydroxylation is 1. The van der Waals surface area contributed by atoms with E-state index in [1.54, 1.807) is 18.2 Å². The van der Waals surface area contributed by atoms with Crippen molar-refractivity contribution in [3.8, 4) is 0 Å². The van der Waals surface area contributed by atoms with E-state index in [-0.39, 0.29) is 6.42 Å². The van der Waals surface area contributed by atoms with Crippen molar-refractivity contribution in [1.82, 2.24) is 0 Å². The van der Waals surface area contributed by atoms with Gasteiger partial charge < -0.3 is 0 Å². The summed E-state index contributed by atoms with van der Waals surface area (Å²) in [6.45, 7) is 1.87. The van der Waals surface area contributed by atoms with Crippen molar-refractivity contribution in [2.24, 2.45) is 0 Å². The van der Waals surface area contributed by atoms with Gasteiger partial charge in [0.2, 0.25) is 0 Å². The van der Waals surface area contributed by atoms with Gasteiger partial charge in [0.25, 0.3) is 0 Å². The lowest BCUT2D eigenvalue weighted by Crippen LogP contribution is -2.09. The second-order valence-electron chi connectivity index (χ2n) is 4.29. The van der Waals surface area contributed by atoms with Gasteiger partial charge in [-0.15, -0.1) is 0 Å². The minimum atomic E-state index is -0.853. The minimum absolute atomic E-state index is 0.128. The molecular formula is C15H11ClF2O. The van der Waals surface area contributed by atoms with Gasteiger partial charge in [-0.25, -0.2) is 8.78 Å². The zero-order valence-corrected chi connectivity index (χ0v) is 11.0. The Balaban J connectivity index is 2.31. The molecule has 0 saturated heterocycles. The summed E-state index contributed by atoms with van der Waals surface area (Å²) >= 11 is 6.00.